The molecule has 3 rings (SSSR count). The molecule has 2 heteroatoms. The zero-order valence-electron chi connectivity index (χ0n) is 10.3. The summed E-state index contributed by atoms with van der Waals surface area (Å²) in [7, 11) is 0. The highest BCUT2D eigenvalue weighted by Gasteiger charge is 2.02. The fraction of sp³-hybridized carbons (Fsp3) is 0. The third-order valence-electron chi connectivity index (χ3n) is 3.00. The van der Waals surface area contributed by atoms with Gasteiger partial charge in [-0.3, -0.25) is 4.98 Å². The first-order chi connectivity index (χ1) is 9.33. The van der Waals surface area contributed by atoms with Crippen LogP contribution in [0.15, 0.2) is 77.4 Å². The molecule has 1 aromatic heterocycles. The second kappa shape index (κ2) is 5.37. The van der Waals surface area contributed by atoms with E-state index in [4.69, 9.17) is 0 Å². The molecule has 0 atom stereocenters. The second-order valence-corrected chi connectivity index (χ2v) is 5.22. The van der Waals surface area contributed by atoms with Crippen LogP contribution in [0.5, 0.6) is 0 Å². The summed E-state index contributed by atoms with van der Waals surface area (Å²) in [6.45, 7) is 0. The molecule has 3 aromatic rings. The van der Waals surface area contributed by atoms with Gasteiger partial charge in [-0.1, -0.05) is 52.3 Å². The molecular formula is C17H12BrN. The van der Waals surface area contributed by atoms with E-state index in [9.17, 15) is 0 Å². The van der Waals surface area contributed by atoms with Gasteiger partial charge < -0.3 is 0 Å². The number of halogens is 1. The van der Waals surface area contributed by atoms with E-state index in [2.05, 4.69) is 69.4 Å². The van der Waals surface area contributed by atoms with Crippen LogP contribution < -0.4 is 0 Å². The van der Waals surface area contributed by atoms with E-state index < -0.39 is 0 Å². The Morgan fingerprint density at radius 1 is 0.684 bits per heavy atom. The minimum Gasteiger partial charge on any atom is -0.256 e. The average Bonchev–Trinajstić information content (AvgIpc) is 2.49. The molecule has 0 bridgehead atoms. The number of rotatable bonds is 2. The van der Waals surface area contributed by atoms with Gasteiger partial charge >= 0.3 is 0 Å². The third kappa shape index (κ3) is 2.74. The van der Waals surface area contributed by atoms with Gasteiger partial charge in [-0.15, -0.1) is 0 Å². The summed E-state index contributed by atoms with van der Waals surface area (Å²) in [5, 5.41) is 0. The predicted molar refractivity (Wildman–Crippen MR) is 82.8 cm³/mol. The number of benzene rings is 2. The molecule has 92 valence electrons. The van der Waals surface area contributed by atoms with Crippen molar-refractivity contribution in [2.75, 3.05) is 0 Å². The fourth-order valence-corrected chi connectivity index (χ4v) is 2.30. The minimum atomic E-state index is 1.00. The largest absolute Gasteiger partial charge is 0.256 e. The van der Waals surface area contributed by atoms with Crippen LogP contribution in [0.4, 0.5) is 0 Å². The highest BCUT2D eigenvalue weighted by atomic mass is 79.9. The molecule has 2 aromatic carbocycles. The van der Waals surface area contributed by atoms with Crippen molar-refractivity contribution < 1.29 is 0 Å². The topological polar surface area (TPSA) is 12.9 Å². The van der Waals surface area contributed by atoms with Crippen LogP contribution >= 0.6 is 15.9 Å². The van der Waals surface area contributed by atoms with E-state index in [1.807, 2.05) is 24.4 Å². The summed E-state index contributed by atoms with van der Waals surface area (Å²) in [5.41, 5.74) is 4.55. The number of aromatic nitrogens is 1. The van der Waals surface area contributed by atoms with Crippen LogP contribution in [0.1, 0.15) is 0 Å². The van der Waals surface area contributed by atoms with Crippen LogP contribution in [0, 0.1) is 0 Å². The number of pyridine rings is 1. The van der Waals surface area contributed by atoms with Crippen molar-refractivity contribution in [1.82, 2.24) is 4.98 Å². The standard InChI is InChI=1S/C17H12BrN/c18-16-9-7-13(8-10-16)14-4-3-5-15(12-14)17-6-1-2-11-19-17/h1-12H. The molecule has 0 aliphatic carbocycles. The molecule has 0 unspecified atom stereocenters. The van der Waals surface area contributed by atoms with E-state index in [1.54, 1.807) is 0 Å². The van der Waals surface area contributed by atoms with Crippen molar-refractivity contribution in [3.63, 3.8) is 0 Å². The highest BCUT2D eigenvalue weighted by Crippen LogP contribution is 2.26. The lowest BCUT2D eigenvalue weighted by atomic mass is 10.0. The first-order valence-electron chi connectivity index (χ1n) is 6.10. The van der Waals surface area contributed by atoms with Crippen molar-refractivity contribution >= 4 is 15.9 Å². The zero-order valence-corrected chi connectivity index (χ0v) is 11.8. The Hall–Kier alpha value is -1.93. The number of nitrogens with zero attached hydrogens (tertiary/aromatic N) is 1. The molecule has 0 saturated carbocycles. The van der Waals surface area contributed by atoms with Crippen molar-refractivity contribution in [3.05, 3.63) is 77.4 Å². The molecule has 0 radical (unpaired) electrons. The molecule has 0 saturated heterocycles. The quantitative estimate of drug-likeness (QED) is 0.635. The van der Waals surface area contributed by atoms with Crippen molar-refractivity contribution in [1.29, 1.82) is 0 Å². The van der Waals surface area contributed by atoms with Crippen molar-refractivity contribution in [3.8, 4) is 22.4 Å². The number of hydrogen-bond donors (Lipinski definition) is 0. The Kier molecular flexibility index (Phi) is 3.43. The average molecular weight is 310 g/mol. The van der Waals surface area contributed by atoms with Crippen LogP contribution in [0.2, 0.25) is 0 Å². The second-order valence-electron chi connectivity index (χ2n) is 4.30. The van der Waals surface area contributed by atoms with E-state index in [-0.39, 0.29) is 0 Å². The van der Waals surface area contributed by atoms with Gasteiger partial charge in [0, 0.05) is 16.2 Å². The van der Waals surface area contributed by atoms with Gasteiger partial charge in [0.05, 0.1) is 5.69 Å². The molecule has 1 heterocycles. The van der Waals surface area contributed by atoms with Gasteiger partial charge in [0.2, 0.25) is 0 Å². The van der Waals surface area contributed by atoms with Gasteiger partial charge in [0.25, 0.3) is 0 Å². The van der Waals surface area contributed by atoms with Gasteiger partial charge in [0.15, 0.2) is 0 Å². The first-order valence-corrected chi connectivity index (χ1v) is 6.90. The monoisotopic (exact) mass is 309 g/mol. The SMILES string of the molecule is Brc1ccc(-c2cccc(-c3ccccn3)c2)cc1. The van der Waals surface area contributed by atoms with Gasteiger partial charge in [0.1, 0.15) is 0 Å². The molecule has 0 amide bonds. The van der Waals surface area contributed by atoms with Gasteiger partial charge in [-0.2, -0.15) is 0 Å². The summed E-state index contributed by atoms with van der Waals surface area (Å²) in [4.78, 5) is 4.39. The first kappa shape index (κ1) is 12.1. The third-order valence-corrected chi connectivity index (χ3v) is 3.53. The molecule has 0 fully saturated rings. The van der Waals surface area contributed by atoms with Gasteiger partial charge in [-0.25, -0.2) is 0 Å². The molecule has 0 aliphatic heterocycles. The Bertz CT molecular complexity index is 675. The summed E-state index contributed by atoms with van der Waals surface area (Å²) < 4.78 is 1.09. The molecule has 0 N–H and O–H groups in total. The lowest BCUT2D eigenvalue weighted by Crippen LogP contribution is -1.83. The zero-order chi connectivity index (χ0) is 13.1. The predicted octanol–water partition coefficient (Wildman–Crippen LogP) is 5.18. The molecule has 0 spiro atoms. The smallest absolute Gasteiger partial charge is 0.0702 e. The van der Waals surface area contributed by atoms with Gasteiger partial charge in [-0.05, 0) is 41.5 Å². The maximum atomic E-state index is 4.39. The maximum absolute atomic E-state index is 4.39. The minimum absolute atomic E-state index is 1.00. The lowest BCUT2D eigenvalue weighted by Gasteiger charge is -2.05. The van der Waals surface area contributed by atoms with E-state index in [1.165, 1.54) is 11.1 Å². The van der Waals surface area contributed by atoms with Crippen LogP contribution in [0.25, 0.3) is 22.4 Å². The molecular weight excluding hydrogens is 298 g/mol. The van der Waals surface area contributed by atoms with Crippen molar-refractivity contribution in [2.45, 2.75) is 0 Å². The summed E-state index contributed by atoms with van der Waals surface area (Å²) >= 11 is 3.46. The van der Waals surface area contributed by atoms with Crippen LogP contribution in [-0.4, -0.2) is 4.98 Å². The summed E-state index contributed by atoms with van der Waals surface area (Å²) in [5.74, 6) is 0. The van der Waals surface area contributed by atoms with Crippen molar-refractivity contribution in [2.24, 2.45) is 0 Å². The normalized spacial score (nSPS) is 10.4. The van der Waals surface area contributed by atoms with E-state index in [0.29, 0.717) is 0 Å². The Labute approximate surface area is 121 Å². The van der Waals surface area contributed by atoms with E-state index >= 15 is 0 Å². The van der Waals surface area contributed by atoms with Crippen LogP contribution in [-0.2, 0) is 0 Å². The molecule has 19 heavy (non-hydrogen) atoms. The number of hydrogen-bond acceptors (Lipinski definition) is 1. The van der Waals surface area contributed by atoms with E-state index in [0.717, 1.165) is 15.7 Å². The highest BCUT2D eigenvalue weighted by molar-refractivity contribution is 9.10. The Morgan fingerprint density at radius 3 is 2.21 bits per heavy atom. The molecule has 1 nitrogen and oxygen atoms in total. The lowest BCUT2D eigenvalue weighted by molar-refractivity contribution is 1.33. The summed E-state index contributed by atoms with van der Waals surface area (Å²) in [6.07, 6.45) is 1.82. The maximum Gasteiger partial charge on any atom is 0.0702 e. The van der Waals surface area contributed by atoms with Crippen LogP contribution in [0.3, 0.4) is 0 Å². The molecule has 0 aliphatic rings. The summed E-state index contributed by atoms with van der Waals surface area (Å²) in [6, 6.07) is 22.8. The Morgan fingerprint density at radius 2 is 1.47 bits per heavy atom. The Balaban J connectivity index is 2.03. The fourth-order valence-electron chi connectivity index (χ4n) is 2.03.